The number of rotatable bonds is 4. The van der Waals surface area contributed by atoms with Crippen LogP contribution < -0.4 is 0 Å². The van der Waals surface area contributed by atoms with Gasteiger partial charge in [-0.3, -0.25) is 4.90 Å². The number of hydrogen-bond donors (Lipinski definition) is 0. The first-order valence-electron chi connectivity index (χ1n) is 7.09. The molecule has 2 fully saturated rings. The minimum absolute atomic E-state index is 0.870. The Hall–Kier alpha value is -0.0900. The number of benzene rings is 1. The van der Waals surface area contributed by atoms with Gasteiger partial charge in [0.05, 0.1) is 0 Å². The minimum atomic E-state index is 0.870. The molecule has 1 aromatic rings. The molecule has 1 saturated heterocycles. The highest BCUT2D eigenvalue weighted by Gasteiger charge is 2.26. The zero-order valence-electron chi connectivity index (χ0n) is 11.1. The first-order chi connectivity index (χ1) is 9.20. The quantitative estimate of drug-likeness (QED) is 0.823. The fourth-order valence-electron chi connectivity index (χ4n) is 2.69. The summed E-state index contributed by atoms with van der Waals surface area (Å²) in [6.07, 6.45) is 2.91. The highest BCUT2D eigenvalue weighted by atomic mass is 79.9. The van der Waals surface area contributed by atoms with Crippen molar-refractivity contribution in [1.82, 2.24) is 9.80 Å². The minimum Gasteiger partial charge on any atom is -0.301 e. The van der Waals surface area contributed by atoms with Crippen molar-refractivity contribution < 1.29 is 0 Å². The molecule has 0 unspecified atom stereocenters. The van der Waals surface area contributed by atoms with Crippen molar-refractivity contribution in [2.75, 3.05) is 32.7 Å². The van der Waals surface area contributed by atoms with Crippen LogP contribution in [0.4, 0.5) is 0 Å². The lowest BCUT2D eigenvalue weighted by atomic mass is 10.2. The molecule has 2 nitrogen and oxygen atoms in total. The molecule has 0 bridgehead atoms. The lowest BCUT2D eigenvalue weighted by Crippen LogP contribution is -2.46. The summed E-state index contributed by atoms with van der Waals surface area (Å²) >= 11 is 9.74. The first kappa shape index (κ1) is 13.9. The first-order valence-corrected chi connectivity index (χ1v) is 8.26. The monoisotopic (exact) mass is 342 g/mol. The van der Waals surface area contributed by atoms with Crippen LogP contribution in [0.1, 0.15) is 18.4 Å². The van der Waals surface area contributed by atoms with Crippen LogP contribution in [0.5, 0.6) is 0 Å². The summed E-state index contributed by atoms with van der Waals surface area (Å²) in [4.78, 5) is 5.13. The number of piperazine rings is 1. The average molecular weight is 344 g/mol. The van der Waals surface area contributed by atoms with Gasteiger partial charge in [-0.15, -0.1) is 0 Å². The van der Waals surface area contributed by atoms with E-state index in [0.29, 0.717) is 0 Å². The van der Waals surface area contributed by atoms with Gasteiger partial charge in [-0.2, -0.15) is 0 Å². The van der Waals surface area contributed by atoms with Gasteiger partial charge in [0.15, 0.2) is 0 Å². The van der Waals surface area contributed by atoms with E-state index in [-0.39, 0.29) is 0 Å². The fourth-order valence-corrected chi connectivity index (χ4v) is 3.42. The second-order valence-corrected chi connectivity index (χ2v) is 7.08. The maximum Gasteiger partial charge on any atom is 0.0462 e. The Morgan fingerprint density at radius 3 is 2.42 bits per heavy atom. The maximum atomic E-state index is 6.29. The summed E-state index contributed by atoms with van der Waals surface area (Å²) < 4.78 is 1.05. The second kappa shape index (κ2) is 6.13. The van der Waals surface area contributed by atoms with Gasteiger partial charge in [0.25, 0.3) is 0 Å². The van der Waals surface area contributed by atoms with Crippen LogP contribution in [0, 0.1) is 5.92 Å². The van der Waals surface area contributed by atoms with Gasteiger partial charge in [-0.05, 0) is 36.5 Å². The Balaban J connectivity index is 1.50. The molecule has 19 heavy (non-hydrogen) atoms. The summed E-state index contributed by atoms with van der Waals surface area (Å²) in [6, 6.07) is 6.19. The van der Waals surface area contributed by atoms with Crippen LogP contribution in [0.15, 0.2) is 22.7 Å². The molecule has 1 aliphatic heterocycles. The molecule has 0 amide bonds. The normalized spacial score (nSPS) is 21.8. The van der Waals surface area contributed by atoms with Crippen molar-refractivity contribution in [1.29, 1.82) is 0 Å². The van der Waals surface area contributed by atoms with Crippen LogP contribution >= 0.6 is 27.5 Å². The molecule has 0 atom stereocenters. The summed E-state index contributed by atoms with van der Waals surface area (Å²) in [6.45, 7) is 7.06. The molecule has 1 heterocycles. The van der Waals surface area contributed by atoms with E-state index >= 15 is 0 Å². The Bertz CT molecular complexity index is 440. The number of hydrogen-bond acceptors (Lipinski definition) is 2. The van der Waals surface area contributed by atoms with E-state index in [2.05, 4.69) is 37.9 Å². The standard InChI is InChI=1S/C15H20BrClN2/c16-14-4-3-13(15(17)9-14)11-19-7-5-18(6-8-19)10-12-1-2-12/h3-4,9,12H,1-2,5-8,10-11H2. The maximum absolute atomic E-state index is 6.29. The molecule has 1 saturated carbocycles. The lowest BCUT2D eigenvalue weighted by molar-refractivity contribution is 0.123. The Morgan fingerprint density at radius 2 is 1.79 bits per heavy atom. The molecular weight excluding hydrogens is 324 g/mol. The van der Waals surface area contributed by atoms with Gasteiger partial charge < -0.3 is 4.90 Å². The van der Waals surface area contributed by atoms with Crippen LogP contribution in [0.3, 0.4) is 0 Å². The summed E-state index contributed by atoms with van der Waals surface area (Å²) in [5, 5.41) is 0.870. The van der Waals surface area contributed by atoms with E-state index in [1.54, 1.807) is 0 Å². The summed E-state index contributed by atoms with van der Waals surface area (Å²) in [5.74, 6) is 1.01. The molecule has 0 spiro atoms. The molecule has 0 radical (unpaired) electrons. The SMILES string of the molecule is Clc1cc(Br)ccc1CN1CCN(CC2CC2)CC1. The zero-order chi connectivity index (χ0) is 13.2. The van der Waals surface area contributed by atoms with Gasteiger partial charge in [0.2, 0.25) is 0 Å². The predicted molar refractivity (Wildman–Crippen MR) is 83.6 cm³/mol. The fraction of sp³-hybridized carbons (Fsp3) is 0.600. The summed E-state index contributed by atoms with van der Waals surface area (Å²) in [7, 11) is 0. The van der Waals surface area contributed by atoms with Crippen LogP contribution in [-0.4, -0.2) is 42.5 Å². The number of halogens is 2. The van der Waals surface area contributed by atoms with E-state index in [1.165, 1.54) is 51.1 Å². The lowest BCUT2D eigenvalue weighted by Gasteiger charge is -2.34. The van der Waals surface area contributed by atoms with Crippen LogP contribution in [-0.2, 0) is 6.54 Å². The van der Waals surface area contributed by atoms with Gasteiger partial charge in [-0.1, -0.05) is 33.6 Å². The van der Waals surface area contributed by atoms with Crippen molar-refractivity contribution >= 4 is 27.5 Å². The van der Waals surface area contributed by atoms with Gasteiger partial charge in [0, 0.05) is 48.8 Å². The Kier molecular flexibility index (Phi) is 4.47. The van der Waals surface area contributed by atoms with Gasteiger partial charge in [0.1, 0.15) is 0 Å². The van der Waals surface area contributed by atoms with E-state index in [1.807, 2.05) is 6.07 Å². The van der Waals surface area contributed by atoms with Gasteiger partial charge >= 0.3 is 0 Å². The van der Waals surface area contributed by atoms with Crippen molar-refractivity contribution in [2.45, 2.75) is 19.4 Å². The highest BCUT2D eigenvalue weighted by molar-refractivity contribution is 9.10. The van der Waals surface area contributed by atoms with Gasteiger partial charge in [-0.25, -0.2) is 0 Å². The van der Waals surface area contributed by atoms with E-state index < -0.39 is 0 Å². The third-order valence-corrected chi connectivity index (χ3v) is 4.93. The molecule has 3 rings (SSSR count). The predicted octanol–water partition coefficient (Wildman–Crippen LogP) is 3.63. The third kappa shape index (κ3) is 3.94. The largest absolute Gasteiger partial charge is 0.301 e. The Labute approximate surface area is 128 Å². The molecule has 1 aliphatic carbocycles. The summed E-state index contributed by atoms with van der Waals surface area (Å²) in [5.41, 5.74) is 1.24. The topological polar surface area (TPSA) is 6.48 Å². The van der Waals surface area contributed by atoms with E-state index in [9.17, 15) is 0 Å². The van der Waals surface area contributed by atoms with Crippen molar-refractivity contribution in [2.24, 2.45) is 5.92 Å². The van der Waals surface area contributed by atoms with E-state index in [0.717, 1.165) is 22.0 Å². The molecule has 0 N–H and O–H groups in total. The second-order valence-electron chi connectivity index (χ2n) is 5.76. The molecular formula is C15H20BrClN2. The van der Waals surface area contributed by atoms with Crippen LogP contribution in [0.25, 0.3) is 0 Å². The van der Waals surface area contributed by atoms with Crippen molar-refractivity contribution in [3.8, 4) is 0 Å². The van der Waals surface area contributed by atoms with Crippen molar-refractivity contribution in [3.05, 3.63) is 33.3 Å². The van der Waals surface area contributed by atoms with Crippen LogP contribution in [0.2, 0.25) is 5.02 Å². The van der Waals surface area contributed by atoms with Crippen molar-refractivity contribution in [3.63, 3.8) is 0 Å². The Morgan fingerprint density at radius 1 is 1.11 bits per heavy atom. The zero-order valence-corrected chi connectivity index (χ0v) is 13.5. The molecule has 104 valence electrons. The highest BCUT2D eigenvalue weighted by Crippen LogP contribution is 2.30. The molecule has 4 heteroatoms. The van der Waals surface area contributed by atoms with E-state index in [4.69, 9.17) is 11.6 Å². The number of nitrogens with zero attached hydrogens (tertiary/aromatic N) is 2. The average Bonchev–Trinajstić information content (AvgIpc) is 3.19. The molecule has 2 aliphatic rings. The third-order valence-electron chi connectivity index (χ3n) is 4.09. The molecule has 1 aromatic carbocycles. The smallest absolute Gasteiger partial charge is 0.0462 e. The molecule has 0 aromatic heterocycles.